The molecule has 0 saturated carbocycles. The fourth-order valence-corrected chi connectivity index (χ4v) is 6.49. The number of ketones is 1. The molecule has 1 N–H and O–H groups in total. The molecule has 2 aliphatic rings. The Labute approximate surface area is 311 Å². The maximum absolute atomic E-state index is 12.5. The predicted molar refractivity (Wildman–Crippen MR) is 199 cm³/mol. The Morgan fingerprint density at radius 2 is 1.68 bits per heavy atom. The van der Waals surface area contributed by atoms with Crippen molar-refractivity contribution in [1.82, 2.24) is 15.2 Å². The van der Waals surface area contributed by atoms with Crippen LogP contribution in [-0.2, 0) is 29.3 Å². The molecular formula is C42H45N5O6. The number of carbonyl (C=O) groups is 1. The molecule has 0 radical (unpaired) electrons. The van der Waals surface area contributed by atoms with Gasteiger partial charge in [-0.15, -0.1) is 0 Å². The molecule has 11 heteroatoms. The third-order valence-corrected chi connectivity index (χ3v) is 9.33. The molecule has 1 aromatic heterocycles. The number of rotatable bonds is 17. The van der Waals surface area contributed by atoms with E-state index < -0.39 is 0 Å². The predicted octanol–water partition coefficient (Wildman–Crippen LogP) is 6.28. The summed E-state index contributed by atoms with van der Waals surface area (Å²) in [4.78, 5) is 19.0. The average molecular weight is 716 g/mol. The third kappa shape index (κ3) is 10.3. The fraction of sp³-hybridized carbons (Fsp3) is 0.381. The van der Waals surface area contributed by atoms with Gasteiger partial charge in [-0.2, -0.15) is 10.5 Å². The molecule has 3 heterocycles. The van der Waals surface area contributed by atoms with Crippen molar-refractivity contribution in [2.24, 2.45) is 0 Å². The monoisotopic (exact) mass is 715 g/mol. The van der Waals surface area contributed by atoms with Gasteiger partial charge in [-0.05, 0) is 73.8 Å². The first kappa shape index (κ1) is 37.3. The number of pyridine rings is 1. The molecule has 6 rings (SSSR count). The minimum absolute atomic E-state index is 0.174. The molecule has 1 saturated heterocycles. The molecule has 0 amide bonds. The van der Waals surface area contributed by atoms with Crippen molar-refractivity contribution in [3.8, 4) is 46.3 Å². The summed E-state index contributed by atoms with van der Waals surface area (Å²) in [6.45, 7) is 8.97. The van der Waals surface area contributed by atoms with Crippen LogP contribution in [0.25, 0.3) is 11.1 Å². The zero-order chi connectivity index (χ0) is 36.8. The number of nitriles is 2. The minimum atomic E-state index is 0.174. The average Bonchev–Trinajstić information content (AvgIpc) is 3.20. The molecule has 0 atom stereocenters. The number of hydrogen-bond acceptors (Lipinski definition) is 11. The topological polar surface area (TPSA) is 139 Å². The number of fused-ring (bicyclic) bond motifs is 1. The summed E-state index contributed by atoms with van der Waals surface area (Å²) in [6.07, 6.45) is 6.00. The van der Waals surface area contributed by atoms with Crippen molar-refractivity contribution in [1.29, 1.82) is 10.5 Å². The van der Waals surface area contributed by atoms with Gasteiger partial charge in [0.05, 0.1) is 24.3 Å². The van der Waals surface area contributed by atoms with Gasteiger partial charge in [0.25, 0.3) is 0 Å². The highest BCUT2D eigenvalue weighted by atomic mass is 16.6. The Kier molecular flexibility index (Phi) is 13.3. The van der Waals surface area contributed by atoms with Crippen LogP contribution in [0.1, 0.15) is 59.1 Å². The fourth-order valence-electron chi connectivity index (χ4n) is 6.49. The Morgan fingerprint density at radius 3 is 2.51 bits per heavy atom. The Morgan fingerprint density at radius 1 is 0.868 bits per heavy atom. The molecule has 4 aromatic rings. The first-order chi connectivity index (χ1) is 26.0. The van der Waals surface area contributed by atoms with E-state index in [-0.39, 0.29) is 13.2 Å². The highest BCUT2D eigenvalue weighted by Crippen LogP contribution is 2.37. The van der Waals surface area contributed by atoms with Crippen LogP contribution in [-0.4, -0.2) is 68.3 Å². The van der Waals surface area contributed by atoms with Crippen LogP contribution >= 0.6 is 0 Å². The molecule has 0 spiro atoms. The normalized spacial score (nSPS) is 13.9. The van der Waals surface area contributed by atoms with E-state index in [0.29, 0.717) is 79.1 Å². The molecular weight excluding hydrogens is 670 g/mol. The van der Waals surface area contributed by atoms with Crippen molar-refractivity contribution in [3.05, 3.63) is 100 Å². The van der Waals surface area contributed by atoms with Gasteiger partial charge in [0.2, 0.25) is 0 Å². The van der Waals surface area contributed by atoms with E-state index in [9.17, 15) is 15.3 Å². The maximum Gasteiger partial charge on any atom is 0.161 e. The SMILES string of the molecule is Cc1cc(CNCCCC(=O)CCCN2CCOCC2)c(OCc2cncc(C#N)c2)cc1OCc1cccc(-c2ccc3c(c2)OCCO3)c1C#N. The molecule has 274 valence electrons. The molecule has 11 nitrogen and oxygen atoms in total. The van der Waals surface area contributed by atoms with Crippen molar-refractivity contribution in [3.63, 3.8) is 0 Å². The maximum atomic E-state index is 12.5. The van der Waals surface area contributed by atoms with Crippen LogP contribution in [0, 0.1) is 29.6 Å². The Balaban J connectivity index is 1.10. The molecule has 0 aliphatic carbocycles. The van der Waals surface area contributed by atoms with Gasteiger partial charge in [0.1, 0.15) is 55.8 Å². The van der Waals surface area contributed by atoms with Crippen LogP contribution in [0.5, 0.6) is 23.0 Å². The van der Waals surface area contributed by atoms with E-state index in [1.807, 2.05) is 55.5 Å². The lowest BCUT2D eigenvalue weighted by Crippen LogP contribution is -2.36. The zero-order valence-electron chi connectivity index (χ0n) is 30.2. The zero-order valence-corrected chi connectivity index (χ0v) is 30.2. The smallest absolute Gasteiger partial charge is 0.161 e. The summed E-state index contributed by atoms with van der Waals surface area (Å²) < 4.78 is 29.6. The van der Waals surface area contributed by atoms with E-state index >= 15 is 0 Å². The first-order valence-corrected chi connectivity index (χ1v) is 18.2. The summed E-state index contributed by atoms with van der Waals surface area (Å²) in [5.74, 6) is 2.91. The van der Waals surface area contributed by atoms with E-state index in [1.54, 1.807) is 12.3 Å². The second kappa shape index (κ2) is 18.9. The summed E-state index contributed by atoms with van der Waals surface area (Å²) in [7, 11) is 0. The third-order valence-electron chi connectivity index (χ3n) is 9.33. The van der Waals surface area contributed by atoms with Gasteiger partial charge in [-0.1, -0.05) is 24.3 Å². The number of aromatic nitrogens is 1. The highest BCUT2D eigenvalue weighted by Gasteiger charge is 2.17. The van der Waals surface area contributed by atoms with Gasteiger partial charge < -0.3 is 29.0 Å². The van der Waals surface area contributed by atoms with Crippen LogP contribution in [0.4, 0.5) is 0 Å². The van der Waals surface area contributed by atoms with Crippen LogP contribution in [0.3, 0.4) is 0 Å². The molecule has 0 bridgehead atoms. The van der Waals surface area contributed by atoms with Crippen LogP contribution < -0.4 is 24.3 Å². The van der Waals surface area contributed by atoms with Crippen LogP contribution in [0.2, 0.25) is 0 Å². The molecule has 2 aliphatic heterocycles. The van der Waals surface area contributed by atoms with E-state index in [1.165, 1.54) is 6.20 Å². The molecule has 1 fully saturated rings. The first-order valence-electron chi connectivity index (χ1n) is 18.2. The number of benzene rings is 3. The number of Topliss-reactive ketones (excluding diaryl/α,β-unsaturated/α-hetero) is 1. The number of aryl methyl sites for hydroxylation is 1. The molecule has 3 aromatic carbocycles. The Bertz CT molecular complexity index is 1960. The summed E-state index contributed by atoms with van der Waals surface area (Å²) in [6, 6.07) is 21.6. The van der Waals surface area contributed by atoms with Crippen LogP contribution in [0.15, 0.2) is 67.0 Å². The van der Waals surface area contributed by atoms with Crippen molar-refractivity contribution >= 4 is 5.78 Å². The van der Waals surface area contributed by atoms with Gasteiger partial charge in [0, 0.05) is 67.6 Å². The lowest BCUT2D eigenvalue weighted by Gasteiger charge is -2.26. The van der Waals surface area contributed by atoms with Gasteiger partial charge in [-0.25, -0.2) is 0 Å². The summed E-state index contributed by atoms with van der Waals surface area (Å²) in [5.41, 5.74) is 6.02. The van der Waals surface area contributed by atoms with Gasteiger partial charge in [-0.3, -0.25) is 14.7 Å². The minimum Gasteiger partial charge on any atom is -0.488 e. The van der Waals surface area contributed by atoms with Gasteiger partial charge >= 0.3 is 0 Å². The lowest BCUT2D eigenvalue weighted by molar-refractivity contribution is -0.119. The van der Waals surface area contributed by atoms with E-state index in [2.05, 4.69) is 27.3 Å². The second-order valence-corrected chi connectivity index (χ2v) is 13.2. The lowest BCUT2D eigenvalue weighted by atomic mass is 9.96. The largest absolute Gasteiger partial charge is 0.488 e. The van der Waals surface area contributed by atoms with Crippen molar-refractivity contribution in [2.45, 2.75) is 52.4 Å². The second-order valence-electron chi connectivity index (χ2n) is 13.2. The molecule has 0 unspecified atom stereocenters. The summed E-state index contributed by atoms with van der Waals surface area (Å²) in [5, 5.41) is 23.1. The van der Waals surface area contributed by atoms with Crippen molar-refractivity contribution in [2.75, 3.05) is 52.6 Å². The summed E-state index contributed by atoms with van der Waals surface area (Å²) >= 11 is 0. The number of hydrogen-bond donors (Lipinski definition) is 1. The van der Waals surface area contributed by atoms with Crippen molar-refractivity contribution < 1.29 is 28.5 Å². The number of ether oxygens (including phenoxy) is 5. The standard InChI is InChI=1S/C42H45N5O6/c1-30-19-35(27-45-11-3-6-36(48)7-4-12-47-13-15-49-16-14-47)41(52-28-32-20-31(23-43)25-46-26-32)22-40(30)53-29-34-5-2-8-37(38(34)24-44)33-9-10-39-42(21-33)51-18-17-50-39/h2,5,8-10,19-22,25-26,45H,3-4,6-7,11-18,27-29H2,1H3. The van der Waals surface area contributed by atoms with Gasteiger partial charge in [0.15, 0.2) is 11.5 Å². The van der Waals surface area contributed by atoms with E-state index in [4.69, 9.17) is 23.7 Å². The van der Waals surface area contributed by atoms with E-state index in [0.717, 1.165) is 79.1 Å². The highest BCUT2D eigenvalue weighted by molar-refractivity contribution is 5.78. The number of carbonyl (C=O) groups excluding carboxylic acids is 1. The Hall–Kier alpha value is -5.46. The molecule has 53 heavy (non-hydrogen) atoms. The number of nitrogens with one attached hydrogen (secondary N) is 1. The number of morpholine rings is 1. The quantitative estimate of drug-likeness (QED) is 0.124. The number of nitrogens with zero attached hydrogens (tertiary/aromatic N) is 4.